The minimum absolute atomic E-state index is 0.572. The van der Waals surface area contributed by atoms with Gasteiger partial charge in [-0.1, -0.05) is 0 Å². The Labute approximate surface area is 298 Å². The van der Waals surface area contributed by atoms with E-state index in [1.54, 1.807) is 6.20 Å². The number of pyridine rings is 1. The molecule has 51 heavy (non-hydrogen) atoms. The Morgan fingerprint density at radius 3 is 1.31 bits per heavy atom. The average molecular weight is 715 g/mol. The summed E-state index contributed by atoms with van der Waals surface area (Å²) in [6, 6.07) is 60.7. The van der Waals surface area contributed by atoms with E-state index in [0.717, 1.165) is 28.2 Å². The zero-order chi connectivity index (χ0) is 33.8. The first-order valence-corrected chi connectivity index (χ1v) is 21.3. The fourth-order valence-electron chi connectivity index (χ4n) is 7.95. The van der Waals surface area contributed by atoms with Gasteiger partial charge in [0.25, 0.3) is 0 Å². The van der Waals surface area contributed by atoms with Gasteiger partial charge in [0.05, 0.1) is 0 Å². The van der Waals surface area contributed by atoms with Gasteiger partial charge < -0.3 is 0 Å². The summed E-state index contributed by atoms with van der Waals surface area (Å²) in [6.07, 6.45) is 3.58. The first kappa shape index (κ1) is 29.5. The topological polar surface area (TPSA) is 58.0 Å². The van der Waals surface area contributed by atoms with Gasteiger partial charge >= 0.3 is 300 Å². The van der Waals surface area contributed by atoms with E-state index in [1.807, 2.05) is 48.7 Å². The van der Waals surface area contributed by atoms with Crippen LogP contribution in [0.1, 0.15) is 0 Å². The van der Waals surface area contributed by atoms with E-state index in [9.17, 15) is 0 Å². The molecular formula is C44H30GeN6. The fourth-order valence-corrected chi connectivity index (χ4v) is 19.4. The van der Waals surface area contributed by atoms with Gasteiger partial charge in [-0.2, -0.15) is 0 Å². The van der Waals surface area contributed by atoms with Crippen molar-refractivity contribution in [1.29, 1.82) is 0 Å². The quantitative estimate of drug-likeness (QED) is 0.176. The molecule has 0 saturated heterocycles. The van der Waals surface area contributed by atoms with Gasteiger partial charge in [0, 0.05) is 0 Å². The van der Waals surface area contributed by atoms with Crippen LogP contribution in [0.15, 0.2) is 182 Å². The molecule has 0 unspecified atom stereocenters. The van der Waals surface area contributed by atoms with Crippen LogP contribution in [0.5, 0.6) is 0 Å². The van der Waals surface area contributed by atoms with Gasteiger partial charge in [0.2, 0.25) is 0 Å². The summed E-state index contributed by atoms with van der Waals surface area (Å²) >= 11 is -3.72. The molecule has 240 valence electrons. The summed E-state index contributed by atoms with van der Waals surface area (Å²) in [5, 5.41) is 0. The van der Waals surface area contributed by atoms with Gasteiger partial charge in [-0.15, -0.1) is 0 Å². The summed E-state index contributed by atoms with van der Waals surface area (Å²) in [6.45, 7) is 0. The Balaban J connectivity index is 1.28. The summed E-state index contributed by atoms with van der Waals surface area (Å²) in [5.41, 5.74) is 7.55. The van der Waals surface area contributed by atoms with Crippen molar-refractivity contribution in [3.05, 3.63) is 182 Å². The fraction of sp³-hybridized carbons (Fsp3) is 0. The van der Waals surface area contributed by atoms with Crippen LogP contribution in [0, 0.1) is 0 Å². The standard InChI is InChI=1S/C44H30GeN6/c1-3-16-31(17-4-1)42-47-43(32-18-15-29-46-30-32)49-44(48-42)51-40-27-13-9-23-36(40)45(37-24-10-14-28-41(37)51)34-21-7-11-25-38(34)50(33-19-5-2-6-20-33)39-26-12-8-22-35(39)45/h1-30H. The SMILES string of the molecule is c1ccc(-c2nc(-c3cccnc3)nc(N3c4cccc[c]4[Ge]4([c]5ccccc5N(c5ccccc5)c5cccc[c]54)[c]4ccccc43)n2)cc1. The molecule has 6 aromatic carbocycles. The van der Waals surface area contributed by atoms with E-state index in [-0.39, 0.29) is 0 Å². The Morgan fingerprint density at radius 1 is 0.373 bits per heavy atom. The molecule has 0 amide bonds. The molecule has 0 fully saturated rings. The monoisotopic (exact) mass is 716 g/mol. The van der Waals surface area contributed by atoms with Gasteiger partial charge in [0.15, 0.2) is 0 Å². The average Bonchev–Trinajstić information content (AvgIpc) is 3.21. The number of para-hydroxylation sites is 5. The second-order valence-electron chi connectivity index (χ2n) is 12.7. The van der Waals surface area contributed by atoms with Gasteiger partial charge in [-0.05, 0) is 0 Å². The number of hydrogen-bond acceptors (Lipinski definition) is 6. The molecule has 2 aliphatic heterocycles. The van der Waals surface area contributed by atoms with Crippen LogP contribution in [0.2, 0.25) is 0 Å². The van der Waals surface area contributed by atoms with Gasteiger partial charge in [0.1, 0.15) is 0 Å². The molecule has 0 radical (unpaired) electrons. The molecule has 2 aromatic heterocycles. The number of hydrogen-bond donors (Lipinski definition) is 0. The second-order valence-corrected chi connectivity index (χ2v) is 20.4. The van der Waals surface area contributed by atoms with E-state index in [4.69, 9.17) is 15.0 Å². The number of nitrogens with zero attached hydrogens (tertiary/aromatic N) is 6. The molecule has 10 rings (SSSR count). The molecule has 0 aliphatic carbocycles. The van der Waals surface area contributed by atoms with Gasteiger partial charge in [-0.25, -0.2) is 0 Å². The molecule has 0 atom stereocenters. The maximum absolute atomic E-state index is 5.22. The van der Waals surface area contributed by atoms with E-state index in [2.05, 4.69) is 142 Å². The maximum atomic E-state index is 5.22. The van der Waals surface area contributed by atoms with Crippen LogP contribution in [0.4, 0.5) is 34.4 Å². The van der Waals surface area contributed by atoms with Crippen LogP contribution >= 0.6 is 0 Å². The Hall–Kier alpha value is -6.38. The van der Waals surface area contributed by atoms with Crippen molar-refractivity contribution >= 4 is 65.2 Å². The molecule has 4 heterocycles. The second kappa shape index (κ2) is 11.9. The molecule has 6 nitrogen and oxygen atoms in total. The van der Waals surface area contributed by atoms with Crippen molar-refractivity contribution in [2.45, 2.75) is 0 Å². The molecular weight excluding hydrogens is 685 g/mol. The molecule has 2 aliphatic rings. The third-order valence-electron chi connectivity index (χ3n) is 9.99. The first-order valence-electron chi connectivity index (χ1n) is 17.1. The first-order chi connectivity index (χ1) is 25.3. The molecule has 0 bridgehead atoms. The van der Waals surface area contributed by atoms with Gasteiger partial charge in [-0.3, -0.25) is 0 Å². The van der Waals surface area contributed by atoms with Crippen molar-refractivity contribution in [3.8, 4) is 22.8 Å². The minimum atomic E-state index is -3.72. The Bertz CT molecular complexity index is 2410. The molecule has 1 spiro atoms. The van der Waals surface area contributed by atoms with Crippen molar-refractivity contribution in [1.82, 2.24) is 19.9 Å². The van der Waals surface area contributed by atoms with Crippen LogP contribution in [-0.2, 0) is 0 Å². The Morgan fingerprint density at radius 2 is 0.804 bits per heavy atom. The van der Waals surface area contributed by atoms with E-state index < -0.39 is 13.3 Å². The Kier molecular flexibility index (Phi) is 6.89. The summed E-state index contributed by atoms with van der Waals surface area (Å²) in [4.78, 5) is 24.5. The van der Waals surface area contributed by atoms with Crippen LogP contribution < -0.4 is 27.4 Å². The van der Waals surface area contributed by atoms with Crippen molar-refractivity contribution in [2.75, 3.05) is 9.80 Å². The number of aromatic nitrogens is 4. The van der Waals surface area contributed by atoms with Crippen LogP contribution in [-0.4, -0.2) is 33.2 Å². The van der Waals surface area contributed by atoms with Crippen molar-refractivity contribution in [2.24, 2.45) is 0 Å². The number of rotatable bonds is 4. The van der Waals surface area contributed by atoms with Crippen molar-refractivity contribution in [3.63, 3.8) is 0 Å². The molecule has 8 aromatic rings. The zero-order valence-corrected chi connectivity index (χ0v) is 29.6. The third kappa shape index (κ3) is 4.50. The molecule has 0 saturated carbocycles. The molecule has 7 heteroatoms. The predicted molar refractivity (Wildman–Crippen MR) is 209 cm³/mol. The number of benzene rings is 6. The van der Waals surface area contributed by atoms with E-state index >= 15 is 0 Å². The van der Waals surface area contributed by atoms with Crippen LogP contribution in [0.3, 0.4) is 0 Å². The number of fused-ring (bicyclic) bond motifs is 8. The normalized spacial score (nSPS) is 13.6. The molecule has 0 N–H and O–H groups in total. The van der Waals surface area contributed by atoms with E-state index in [0.29, 0.717) is 17.6 Å². The summed E-state index contributed by atoms with van der Waals surface area (Å²) < 4.78 is 5.48. The third-order valence-corrected chi connectivity index (χ3v) is 20.3. The zero-order valence-electron chi connectivity index (χ0n) is 27.5. The summed E-state index contributed by atoms with van der Waals surface area (Å²) in [7, 11) is 0. The predicted octanol–water partition coefficient (Wildman–Crippen LogP) is 7.54. The van der Waals surface area contributed by atoms with Crippen molar-refractivity contribution < 1.29 is 0 Å². The van der Waals surface area contributed by atoms with Crippen LogP contribution in [0.25, 0.3) is 22.8 Å². The number of anilines is 6. The van der Waals surface area contributed by atoms with E-state index in [1.165, 1.54) is 29.0 Å². The summed E-state index contributed by atoms with van der Waals surface area (Å²) in [5.74, 6) is 1.77.